The summed E-state index contributed by atoms with van der Waals surface area (Å²) in [6.45, 7) is 3.94. The van der Waals surface area contributed by atoms with Crippen LogP contribution in [0, 0.1) is 13.8 Å². The molecule has 2 N–H and O–H groups in total. The number of hydrogen-bond donors (Lipinski definition) is 2. The Morgan fingerprint density at radius 1 is 0.833 bits per heavy atom. The third kappa shape index (κ3) is 3.81. The van der Waals surface area contributed by atoms with Gasteiger partial charge in [0, 0.05) is 17.4 Å². The minimum Gasteiger partial charge on any atom is -0.497 e. The van der Waals surface area contributed by atoms with Crippen LogP contribution in [0.5, 0.6) is 5.75 Å². The van der Waals surface area contributed by atoms with Gasteiger partial charge in [0.2, 0.25) is 0 Å². The molecular weight excluding hydrogens is 300 g/mol. The van der Waals surface area contributed by atoms with E-state index >= 15 is 0 Å². The highest BCUT2D eigenvalue weighted by Crippen LogP contribution is 2.23. The molecule has 0 spiro atoms. The van der Waals surface area contributed by atoms with Crippen molar-refractivity contribution < 1.29 is 4.74 Å². The first-order valence-electron chi connectivity index (χ1n) is 7.73. The minimum absolute atomic E-state index is 0.699. The van der Waals surface area contributed by atoms with Crippen LogP contribution in [0.3, 0.4) is 0 Å². The van der Waals surface area contributed by atoms with E-state index in [1.165, 1.54) is 5.56 Å². The molecule has 24 heavy (non-hydrogen) atoms. The Kier molecular flexibility index (Phi) is 4.61. The fraction of sp³-hybridized carbons (Fsp3) is 0.158. The number of para-hydroxylation sites is 1. The van der Waals surface area contributed by atoms with Crippen LogP contribution in [0.15, 0.2) is 54.6 Å². The van der Waals surface area contributed by atoms with Crippen molar-refractivity contribution in [3.05, 3.63) is 66.0 Å². The zero-order chi connectivity index (χ0) is 16.9. The van der Waals surface area contributed by atoms with E-state index in [1.807, 2.05) is 55.5 Å². The summed E-state index contributed by atoms with van der Waals surface area (Å²) in [5.41, 5.74) is 3.14. The van der Waals surface area contributed by atoms with Crippen molar-refractivity contribution >= 4 is 23.0 Å². The van der Waals surface area contributed by atoms with Gasteiger partial charge in [-0.2, -0.15) is 0 Å². The first-order valence-corrected chi connectivity index (χ1v) is 7.73. The molecule has 3 aromatic rings. The Hall–Kier alpha value is -3.08. The molecule has 0 saturated carbocycles. The predicted octanol–water partition coefficient (Wildman–Crippen LogP) is 4.59. The van der Waals surface area contributed by atoms with E-state index < -0.39 is 0 Å². The maximum Gasteiger partial charge on any atom is 0.136 e. The number of aryl methyl sites for hydroxylation is 2. The summed E-state index contributed by atoms with van der Waals surface area (Å²) in [6, 6.07) is 17.7. The first kappa shape index (κ1) is 15.8. The Bertz CT molecular complexity index is 831. The van der Waals surface area contributed by atoms with E-state index in [0.717, 1.165) is 28.8 Å². The quantitative estimate of drug-likeness (QED) is 0.720. The standard InChI is InChI=1S/C19H20N4O/c1-13-6-4-5-7-17(13)23-19-12-18(20-14(2)21-19)22-15-8-10-16(24-3)11-9-15/h4-12H,1-3H3,(H2,20,21,22,23). The molecule has 1 heterocycles. The second-order valence-electron chi connectivity index (χ2n) is 5.48. The number of ether oxygens (including phenoxy) is 1. The largest absolute Gasteiger partial charge is 0.497 e. The van der Waals surface area contributed by atoms with Gasteiger partial charge in [-0.3, -0.25) is 0 Å². The molecule has 0 fully saturated rings. The van der Waals surface area contributed by atoms with Crippen LogP contribution in [0.25, 0.3) is 0 Å². The average molecular weight is 320 g/mol. The van der Waals surface area contributed by atoms with Crippen molar-refractivity contribution in [3.8, 4) is 5.75 Å². The highest BCUT2D eigenvalue weighted by molar-refractivity contribution is 5.65. The summed E-state index contributed by atoms with van der Waals surface area (Å²) < 4.78 is 5.17. The summed E-state index contributed by atoms with van der Waals surface area (Å²) >= 11 is 0. The SMILES string of the molecule is COc1ccc(Nc2cc(Nc3ccccc3C)nc(C)n2)cc1. The third-order valence-electron chi connectivity index (χ3n) is 3.61. The Balaban J connectivity index is 1.81. The summed E-state index contributed by atoms with van der Waals surface area (Å²) in [5.74, 6) is 3.02. The Morgan fingerprint density at radius 3 is 2.17 bits per heavy atom. The van der Waals surface area contributed by atoms with Crippen LogP contribution in [-0.4, -0.2) is 17.1 Å². The van der Waals surface area contributed by atoms with Crippen molar-refractivity contribution in [1.29, 1.82) is 0 Å². The summed E-state index contributed by atoms with van der Waals surface area (Å²) in [6.07, 6.45) is 0. The lowest BCUT2D eigenvalue weighted by atomic mass is 10.2. The van der Waals surface area contributed by atoms with Gasteiger partial charge in [0.05, 0.1) is 7.11 Å². The van der Waals surface area contributed by atoms with Gasteiger partial charge in [0.1, 0.15) is 23.2 Å². The van der Waals surface area contributed by atoms with Gasteiger partial charge in [0.15, 0.2) is 0 Å². The smallest absolute Gasteiger partial charge is 0.136 e. The van der Waals surface area contributed by atoms with E-state index in [1.54, 1.807) is 7.11 Å². The Morgan fingerprint density at radius 2 is 1.50 bits per heavy atom. The highest BCUT2D eigenvalue weighted by Gasteiger charge is 2.05. The molecule has 0 amide bonds. The maximum atomic E-state index is 5.17. The Labute approximate surface area is 141 Å². The molecule has 0 unspecified atom stereocenters. The number of nitrogens with one attached hydrogen (secondary N) is 2. The molecule has 0 saturated heterocycles. The molecule has 5 nitrogen and oxygen atoms in total. The normalized spacial score (nSPS) is 10.3. The van der Waals surface area contributed by atoms with Gasteiger partial charge in [-0.15, -0.1) is 0 Å². The first-order chi connectivity index (χ1) is 11.6. The molecule has 5 heteroatoms. The summed E-state index contributed by atoms with van der Waals surface area (Å²) in [5, 5.41) is 6.64. The average Bonchev–Trinajstić information content (AvgIpc) is 2.57. The van der Waals surface area contributed by atoms with E-state index in [-0.39, 0.29) is 0 Å². The van der Waals surface area contributed by atoms with Crippen LogP contribution in [0.2, 0.25) is 0 Å². The molecule has 0 aliphatic rings. The number of benzene rings is 2. The lowest BCUT2D eigenvalue weighted by molar-refractivity contribution is 0.415. The molecule has 1 aromatic heterocycles. The molecule has 122 valence electrons. The molecule has 0 bridgehead atoms. The van der Waals surface area contributed by atoms with E-state index in [2.05, 4.69) is 33.6 Å². The van der Waals surface area contributed by atoms with Crippen molar-refractivity contribution in [2.24, 2.45) is 0 Å². The van der Waals surface area contributed by atoms with Crippen molar-refractivity contribution in [2.75, 3.05) is 17.7 Å². The fourth-order valence-electron chi connectivity index (χ4n) is 2.37. The predicted molar refractivity (Wildman–Crippen MR) is 97.5 cm³/mol. The molecule has 0 aliphatic carbocycles. The van der Waals surface area contributed by atoms with Crippen molar-refractivity contribution in [1.82, 2.24) is 9.97 Å². The van der Waals surface area contributed by atoms with Crippen LogP contribution in [-0.2, 0) is 0 Å². The number of aromatic nitrogens is 2. The van der Waals surface area contributed by atoms with Crippen LogP contribution in [0.1, 0.15) is 11.4 Å². The second-order valence-corrected chi connectivity index (χ2v) is 5.48. The summed E-state index contributed by atoms with van der Waals surface area (Å²) in [4.78, 5) is 8.90. The fourth-order valence-corrected chi connectivity index (χ4v) is 2.37. The van der Waals surface area contributed by atoms with Gasteiger partial charge in [-0.25, -0.2) is 9.97 Å². The lowest BCUT2D eigenvalue weighted by Gasteiger charge is -2.12. The second kappa shape index (κ2) is 7.00. The van der Waals surface area contributed by atoms with Crippen LogP contribution < -0.4 is 15.4 Å². The molecule has 3 rings (SSSR count). The zero-order valence-corrected chi connectivity index (χ0v) is 14.0. The molecule has 0 aliphatic heterocycles. The molecular formula is C19H20N4O. The minimum atomic E-state index is 0.699. The monoisotopic (exact) mass is 320 g/mol. The van der Waals surface area contributed by atoms with Crippen LogP contribution in [0.4, 0.5) is 23.0 Å². The zero-order valence-electron chi connectivity index (χ0n) is 14.0. The summed E-state index contributed by atoms with van der Waals surface area (Å²) in [7, 11) is 1.65. The van der Waals surface area contributed by atoms with E-state index in [4.69, 9.17) is 4.74 Å². The van der Waals surface area contributed by atoms with E-state index in [9.17, 15) is 0 Å². The van der Waals surface area contributed by atoms with Crippen molar-refractivity contribution in [2.45, 2.75) is 13.8 Å². The topological polar surface area (TPSA) is 59.1 Å². The molecule has 0 radical (unpaired) electrons. The van der Waals surface area contributed by atoms with Gasteiger partial charge in [-0.05, 0) is 49.7 Å². The highest BCUT2D eigenvalue weighted by atomic mass is 16.5. The molecule has 2 aromatic carbocycles. The van der Waals surface area contributed by atoms with Crippen LogP contribution >= 0.6 is 0 Å². The van der Waals surface area contributed by atoms with Gasteiger partial charge in [-0.1, -0.05) is 18.2 Å². The van der Waals surface area contributed by atoms with E-state index in [0.29, 0.717) is 5.82 Å². The maximum absolute atomic E-state index is 5.17. The molecule has 0 atom stereocenters. The van der Waals surface area contributed by atoms with Gasteiger partial charge < -0.3 is 15.4 Å². The van der Waals surface area contributed by atoms with Gasteiger partial charge >= 0.3 is 0 Å². The number of nitrogens with zero attached hydrogens (tertiary/aromatic N) is 2. The van der Waals surface area contributed by atoms with Crippen molar-refractivity contribution in [3.63, 3.8) is 0 Å². The number of rotatable bonds is 5. The number of anilines is 4. The third-order valence-corrected chi connectivity index (χ3v) is 3.61. The van der Waals surface area contributed by atoms with Gasteiger partial charge in [0.25, 0.3) is 0 Å². The number of hydrogen-bond acceptors (Lipinski definition) is 5. The number of methoxy groups -OCH3 is 1. The lowest BCUT2D eigenvalue weighted by Crippen LogP contribution is -2.02.